The van der Waals surface area contributed by atoms with Crippen LogP contribution in [0.3, 0.4) is 0 Å². The van der Waals surface area contributed by atoms with Crippen molar-refractivity contribution >= 4 is 11.0 Å². The average molecular weight is 231 g/mol. The molecule has 0 saturated heterocycles. The van der Waals surface area contributed by atoms with E-state index >= 15 is 0 Å². The van der Waals surface area contributed by atoms with Gasteiger partial charge in [0.2, 0.25) is 5.88 Å². The number of hydrogen-bond donors (Lipinski definition) is 1. The summed E-state index contributed by atoms with van der Waals surface area (Å²) in [7, 11) is 1.60. The molecular weight excluding hydrogens is 218 g/mol. The van der Waals surface area contributed by atoms with Gasteiger partial charge in [0.1, 0.15) is 11.3 Å². The van der Waals surface area contributed by atoms with Crippen LogP contribution in [0, 0.1) is 0 Å². The van der Waals surface area contributed by atoms with Gasteiger partial charge in [0, 0.05) is 24.1 Å². The third-order valence-corrected chi connectivity index (χ3v) is 3.03. The number of nitrogens with zero attached hydrogens (tertiary/aromatic N) is 2. The molecule has 5 nitrogen and oxygen atoms in total. The van der Waals surface area contributed by atoms with Crippen LogP contribution in [0.25, 0.3) is 11.0 Å². The first kappa shape index (κ1) is 10.3. The zero-order chi connectivity index (χ0) is 11.8. The summed E-state index contributed by atoms with van der Waals surface area (Å²) >= 11 is 0. The Balaban J connectivity index is 2.28. The Bertz CT molecular complexity index is 571. The van der Waals surface area contributed by atoms with E-state index in [9.17, 15) is 0 Å². The predicted molar refractivity (Wildman–Crippen MR) is 63.4 cm³/mol. The fourth-order valence-electron chi connectivity index (χ4n) is 2.13. The largest absolute Gasteiger partial charge is 0.491 e. The van der Waals surface area contributed by atoms with Gasteiger partial charge in [-0.25, -0.2) is 4.98 Å². The van der Waals surface area contributed by atoms with Crippen LogP contribution >= 0.6 is 0 Å². The molecule has 2 N–H and O–H groups in total. The first-order valence-corrected chi connectivity index (χ1v) is 5.50. The van der Waals surface area contributed by atoms with Crippen LogP contribution in [0.5, 0.6) is 11.6 Å². The molecule has 3 heterocycles. The molecule has 2 aromatic rings. The van der Waals surface area contributed by atoms with E-state index in [0.717, 1.165) is 22.3 Å². The van der Waals surface area contributed by atoms with E-state index in [-0.39, 0.29) is 5.92 Å². The van der Waals surface area contributed by atoms with E-state index in [0.29, 0.717) is 19.0 Å². The van der Waals surface area contributed by atoms with Gasteiger partial charge in [0.15, 0.2) is 0 Å². The Morgan fingerprint density at radius 3 is 3.18 bits per heavy atom. The smallest absolute Gasteiger partial charge is 0.213 e. The van der Waals surface area contributed by atoms with Gasteiger partial charge < -0.3 is 15.2 Å². The zero-order valence-electron chi connectivity index (χ0n) is 9.51. The van der Waals surface area contributed by atoms with Crippen LogP contribution in [0.1, 0.15) is 11.5 Å². The molecule has 0 aromatic carbocycles. The van der Waals surface area contributed by atoms with E-state index in [1.807, 2.05) is 6.07 Å². The Labute approximate surface area is 98.6 Å². The highest BCUT2D eigenvalue weighted by molar-refractivity contribution is 5.81. The van der Waals surface area contributed by atoms with Crippen LogP contribution in [0.2, 0.25) is 0 Å². The molecule has 0 fully saturated rings. The summed E-state index contributed by atoms with van der Waals surface area (Å²) in [5.41, 5.74) is 8.47. The number of aromatic nitrogens is 2. The maximum atomic E-state index is 5.75. The highest BCUT2D eigenvalue weighted by atomic mass is 16.5. The molecule has 88 valence electrons. The zero-order valence-corrected chi connectivity index (χ0v) is 9.51. The topological polar surface area (TPSA) is 70.3 Å². The molecule has 0 amide bonds. The third kappa shape index (κ3) is 1.51. The Hall–Kier alpha value is -1.88. The molecule has 1 unspecified atom stereocenters. The number of fused-ring (bicyclic) bond motifs is 3. The van der Waals surface area contributed by atoms with Crippen molar-refractivity contribution in [2.24, 2.45) is 5.73 Å². The van der Waals surface area contributed by atoms with Crippen molar-refractivity contribution in [1.29, 1.82) is 0 Å². The molecule has 0 saturated carbocycles. The van der Waals surface area contributed by atoms with Crippen LogP contribution < -0.4 is 15.2 Å². The van der Waals surface area contributed by atoms with Gasteiger partial charge in [0.25, 0.3) is 0 Å². The number of rotatable bonds is 2. The van der Waals surface area contributed by atoms with Crippen molar-refractivity contribution in [1.82, 2.24) is 9.97 Å². The minimum atomic E-state index is 0.190. The predicted octanol–water partition coefficient (Wildman–Crippen LogP) is 1.07. The van der Waals surface area contributed by atoms with Crippen molar-refractivity contribution < 1.29 is 9.47 Å². The van der Waals surface area contributed by atoms with Crippen LogP contribution in [-0.4, -0.2) is 30.2 Å². The second-order valence-electron chi connectivity index (χ2n) is 4.00. The summed E-state index contributed by atoms with van der Waals surface area (Å²) in [4.78, 5) is 8.76. The lowest BCUT2D eigenvalue weighted by atomic mass is 10.0. The van der Waals surface area contributed by atoms with Gasteiger partial charge in [0.05, 0.1) is 25.4 Å². The van der Waals surface area contributed by atoms with Gasteiger partial charge in [-0.3, -0.25) is 4.98 Å². The average Bonchev–Trinajstić information content (AvgIpc) is 2.81. The number of pyridine rings is 2. The molecule has 1 aliphatic rings. The maximum absolute atomic E-state index is 5.75. The van der Waals surface area contributed by atoms with E-state index in [1.54, 1.807) is 19.4 Å². The van der Waals surface area contributed by atoms with Crippen LogP contribution in [-0.2, 0) is 0 Å². The standard InChI is InChI=1S/C12H13N3O2/c1-16-10-3-2-8-12(15-10)11-7(4-13)6-17-9(11)5-14-8/h2-3,5,7H,4,6,13H2,1H3. The number of ether oxygens (including phenoxy) is 2. The normalized spacial score (nSPS) is 17.9. The second-order valence-corrected chi connectivity index (χ2v) is 4.00. The minimum absolute atomic E-state index is 0.190. The Morgan fingerprint density at radius 2 is 2.41 bits per heavy atom. The van der Waals surface area contributed by atoms with Gasteiger partial charge in [-0.1, -0.05) is 0 Å². The molecular formula is C12H13N3O2. The van der Waals surface area contributed by atoms with Gasteiger partial charge in [-0.2, -0.15) is 0 Å². The molecule has 17 heavy (non-hydrogen) atoms. The minimum Gasteiger partial charge on any atom is -0.491 e. The number of nitrogens with two attached hydrogens (primary N) is 1. The lowest BCUT2D eigenvalue weighted by molar-refractivity contribution is 0.332. The Kier molecular flexibility index (Phi) is 2.33. The monoisotopic (exact) mass is 231 g/mol. The highest BCUT2D eigenvalue weighted by Crippen LogP contribution is 2.37. The second kappa shape index (κ2) is 3.85. The van der Waals surface area contributed by atoms with Gasteiger partial charge in [-0.15, -0.1) is 0 Å². The lowest BCUT2D eigenvalue weighted by Gasteiger charge is -2.08. The van der Waals surface area contributed by atoms with Gasteiger partial charge in [-0.05, 0) is 6.07 Å². The Morgan fingerprint density at radius 1 is 1.53 bits per heavy atom. The molecule has 0 spiro atoms. The summed E-state index contributed by atoms with van der Waals surface area (Å²) in [5, 5.41) is 0. The molecule has 5 heteroatoms. The molecule has 1 aliphatic heterocycles. The summed E-state index contributed by atoms with van der Waals surface area (Å²) < 4.78 is 10.7. The van der Waals surface area contributed by atoms with Gasteiger partial charge >= 0.3 is 0 Å². The first-order valence-electron chi connectivity index (χ1n) is 5.50. The SMILES string of the molecule is COc1ccc2ncc3c(c2n1)C(CN)CO3. The summed E-state index contributed by atoms with van der Waals surface area (Å²) in [6.07, 6.45) is 1.74. The third-order valence-electron chi connectivity index (χ3n) is 3.03. The summed E-state index contributed by atoms with van der Waals surface area (Å²) in [6.45, 7) is 1.15. The van der Waals surface area contributed by atoms with E-state index in [2.05, 4.69) is 9.97 Å². The first-order chi connectivity index (χ1) is 8.33. The summed E-state index contributed by atoms with van der Waals surface area (Å²) in [6, 6.07) is 3.70. The molecule has 2 aromatic heterocycles. The lowest BCUT2D eigenvalue weighted by Crippen LogP contribution is -2.13. The number of methoxy groups -OCH3 is 1. The fourth-order valence-corrected chi connectivity index (χ4v) is 2.13. The van der Waals surface area contributed by atoms with Crippen molar-refractivity contribution in [2.75, 3.05) is 20.3 Å². The van der Waals surface area contributed by atoms with E-state index in [1.165, 1.54) is 0 Å². The molecule has 3 rings (SSSR count). The summed E-state index contributed by atoms with van der Waals surface area (Å²) in [5.74, 6) is 1.55. The maximum Gasteiger partial charge on any atom is 0.213 e. The van der Waals surface area contributed by atoms with Crippen LogP contribution in [0.4, 0.5) is 0 Å². The molecule has 0 aliphatic carbocycles. The molecule has 0 bridgehead atoms. The van der Waals surface area contributed by atoms with E-state index in [4.69, 9.17) is 15.2 Å². The number of hydrogen-bond acceptors (Lipinski definition) is 5. The van der Waals surface area contributed by atoms with E-state index < -0.39 is 0 Å². The van der Waals surface area contributed by atoms with Crippen LogP contribution in [0.15, 0.2) is 18.3 Å². The fraction of sp³-hybridized carbons (Fsp3) is 0.333. The van der Waals surface area contributed by atoms with Crippen molar-refractivity contribution in [3.63, 3.8) is 0 Å². The highest BCUT2D eigenvalue weighted by Gasteiger charge is 2.26. The molecule has 1 atom stereocenters. The quantitative estimate of drug-likeness (QED) is 0.837. The molecule has 0 radical (unpaired) electrons. The van der Waals surface area contributed by atoms with Crippen molar-refractivity contribution in [3.8, 4) is 11.6 Å². The van der Waals surface area contributed by atoms with Crippen molar-refractivity contribution in [3.05, 3.63) is 23.9 Å². The van der Waals surface area contributed by atoms with Crippen molar-refractivity contribution in [2.45, 2.75) is 5.92 Å².